The fourth-order valence-corrected chi connectivity index (χ4v) is 2.22. The minimum atomic E-state index is -0.891. The number of hydrogen-bond acceptors (Lipinski definition) is 4. The summed E-state index contributed by atoms with van der Waals surface area (Å²) in [6, 6.07) is 12.8. The lowest BCUT2D eigenvalue weighted by Gasteiger charge is -2.14. The number of anilines is 1. The largest absolute Gasteiger partial charge is 0.486 e. The van der Waals surface area contributed by atoms with Gasteiger partial charge in [-0.2, -0.15) is 10.4 Å². The van der Waals surface area contributed by atoms with E-state index >= 15 is 0 Å². The molecule has 0 bridgehead atoms. The first-order valence-electron chi connectivity index (χ1n) is 7.00. The summed E-state index contributed by atoms with van der Waals surface area (Å²) in [6.07, 6.45) is 1.21. The van der Waals surface area contributed by atoms with Crippen molar-refractivity contribution in [2.75, 3.05) is 5.73 Å². The lowest BCUT2D eigenvalue weighted by molar-refractivity contribution is 0.301. The number of benzene rings is 2. The van der Waals surface area contributed by atoms with Crippen LogP contribution in [0.5, 0.6) is 5.75 Å². The number of aromatic nitrogens is 2. The zero-order valence-electron chi connectivity index (χ0n) is 12.4. The van der Waals surface area contributed by atoms with Gasteiger partial charge in [0.15, 0.2) is 11.6 Å². The molecule has 0 saturated carbocycles. The molecule has 0 unspecified atom stereocenters. The highest BCUT2D eigenvalue weighted by Crippen LogP contribution is 2.30. The predicted molar refractivity (Wildman–Crippen MR) is 83.4 cm³/mol. The number of nitriles is 1. The molecule has 0 aliphatic heterocycles. The molecule has 1 aromatic heterocycles. The Hall–Kier alpha value is -3.40. The van der Waals surface area contributed by atoms with E-state index in [1.165, 1.54) is 6.20 Å². The quantitative estimate of drug-likeness (QED) is 0.799. The van der Waals surface area contributed by atoms with Gasteiger partial charge >= 0.3 is 0 Å². The Morgan fingerprint density at radius 3 is 2.62 bits per heavy atom. The first-order valence-corrected chi connectivity index (χ1v) is 7.00. The molecule has 0 aliphatic rings. The standard InChI is InChI=1S/C17H12F2N4O/c18-13-6-14(19)16(23-17(21)12(8-20)9-22-23)15(7-13)24-10-11-4-2-1-3-5-11/h1-7,9H,10,21H2. The predicted octanol–water partition coefficient (Wildman–Crippen LogP) is 3.18. The Labute approximate surface area is 136 Å². The normalized spacial score (nSPS) is 10.4. The van der Waals surface area contributed by atoms with Gasteiger partial charge in [-0.3, -0.25) is 0 Å². The smallest absolute Gasteiger partial charge is 0.155 e. The maximum atomic E-state index is 14.3. The highest BCUT2D eigenvalue weighted by Gasteiger charge is 2.19. The molecule has 0 saturated heterocycles. The molecule has 7 heteroatoms. The molecule has 0 amide bonds. The van der Waals surface area contributed by atoms with Crippen LogP contribution in [0.4, 0.5) is 14.6 Å². The Morgan fingerprint density at radius 1 is 1.21 bits per heavy atom. The van der Waals surface area contributed by atoms with E-state index in [4.69, 9.17) is 15.7 Å². The molecule has 0 radical (unpaired) electrons. The van der Waals surface area contributed by atoms with E-state index in [2.05, 4.69) is 5.10 Å². The Kier molecular flexibility index (Phi) is 4.12. The van der Waals surface area contributed by atoms with Gasteiger partial charge in [0.2, 0.25) is 0 Å². The molecule has 0 fully saturated rings. The monoisotopic (exact) mass is 326 g/mol. The second-order valence-corrected chi connectivity index (χ2v) is 4.98. The molecule has 0 spiro atoms. The van der Waals surface area contributed by atoms with E-state index in [9.17, 15) is 8.78 Å². The van der Waals surface area contributed by atoms with Crippen LogP contribution in [0.2, 0.25) is 0 Å². The minimum Gasteiger partial charge on any atom is -0.486 e. The molecule has 2 aromatic carbocycles. The van der Waals surface area contributed by atoms with Crippen LogP contribution in [0.3, 0.4) is 0 Å². The maximum absolute atomic E-state index is 14.3. The van der Waals surface area contributed by atoms with Gasteiger partial charge in [-0.1, -0.05) is 30.3 Å². The number of halogens is 2. The summed E-state index contributed by atoms with van der Waals surface area (Å²) in [7, 11) is 0. The Morgan fingerprint density at radius 2 is 1.96 bits per heavy atom. The highest BCUT2D eigenvalue weighted by molar-refractivity contribution is 5.57. The minimum absolute atomic E-state index is 0.0485. The van der Waals surface area contributed by atoms with Crippen LogP contribution < -0.4 is 10.5 Å². The summed E-state index contributed by atoms with van der Waals surface area (Å²) in [5.41, 5.74) is 6.57. The number of nitrogens with two attached hydrogens (primary N) is 1. The molecule has 120 valence electrons. The average molecular weight is 326 g/mol. The molecule has 24 heavy (non-hydrogen) atoms. The van der Waals surface area contributed by atoms with Gasteiger partial charge in [0, 0.05) is 12.1 Å². The summed E-state index contributed by atoms with van der Waals surface area (Å²) in [6.45, 7) is 0.114. The third-order valence-electron chi connectivity index (χ3n) is 3.37. The molecule has 5 nitrogen and oxygen atoms in total. The SMILES string of the molecule is N#Cc1cnn(-c2c(F)cc(F)cc2OCc2ccccc2)c1N. The second-order valence-electron chi connectivity index (χ2n) is 4.98. The van der Waals surface area contributed by atoms with Gasteiger partial charge in [-0.05, 0) is 5.56 Å². The van der Waals surface area contributed by atoms with E-state index in [0.29, 0.717) is 6.07 Å². The molecule has 0 aliphatic carbocycles. The first kappa shape index (κ1) is 15.5. The fourth-order valence-electron chi connectivity index (χ4n) is 2.22. The van der Waals surface area contributed by atoms with Crippen molar-refractivity contribution in [3.8, 4) is 17.5 Å². The van der Waals surface area contributed by atoms with E-state index in [-0.39, 0.29) is 29.4 Å². The zero-order valence-corrected chi connectivity index (χ0v) is 12.4. The van der Waals surface area contributed by atoms with Crippen LogP contribution in [-0.2, 0) is 6.61 Å². The molecule has 3 rings (SSSR count). The lowest BCUT2D eigenvalue weighted by atomic mass is 10.2. The topological polar surface area (TPSA) is 76.9 Å². The van der Waals surface area contributed by atoms with Crippen LogP contribution >= 0.6 is 0 Å². The highest BCUT2D eigenvalue weighted by atomic mass is 19.1. The second kappa shape index (κ2) is 6.38. The van der Waals surface area contributed by atoms with Crippen LogP contribution in [0.15, 0.2) is 48.7 Å². The Balaban J connectivity index is 2.02. The summed E-state index contributed by atoms with van der Waals surface area (Å²) in [5.74, 6) is -1.79. The van der Waals surface area contributed by atoms with Crippen molar-refractivity contribution in [2.24, 2.45) is 0 Å². The lowest BCUT2D eigenvalue weighted by Crippen LogP contribution is -2.09. The van der Waals surface area contributed by atoms with Crippen molar-refractivity contribution in [1.82, 2.24) is 9.78 Å². The van der Waals surface area contributed by atoms with Gasteiger partial charge in [0.05, 0.1) is 6.20 Å². The number of ether oxygens (including phenoxy) is 1. The fraction of sp³-hybridized carbons (Fsp3) is 0.0588. The van der Waals surface area contributed by atoms with Crippen molar-refractivity contribution in [3.63, 3.8) is 0 Å². The van der Waals surface area contributed by atoms with E-state index < -0.39 is 11.6 Å². The van der Waals surface area contributed by atoms with Crippen LogP contribution in [-0.4, -0.2) is 9.78 Å². The van der Waals surface area contributed by atoms with Gasteiger partial charge in [-0.15, -0.1) is 0 Å². The molecule has 2 N–H and O–H groups in total. The molecular formula is C17H12F2N4O. The van der Waals surface area contributed by atoms with Crippen molar-refractivity contribution >= 4 is 5.82 Å². The van der Waals surface area contributed by atoms with Gasteiger partial charge < -0.3 is 10.5 Å². The van der Waals surface area contributed by atoms with Gasteiger partial charge in [0.1, 0.15) is 35.6 Å². The van der Waals surface area contributed by atoms with Crippen molar-refractivity contribution < 1.29 is 13.5 Å². The van der Waals surface area contributed by atoms with Gasteiger partial charge in [-0.25, -0.2) is 13.5 Å². The van der Waals surface area contributed by atoms with Crippen molar-refractivity contribution in [3.05, 3.63) is 71.4 Å². The number of nitrogens with zero attached hydrogens (tertiary/aromatic N) is 3. The summed E-state index contributed by atoms with van der Waals surface area (Å²) < 4.78 is 34.5. The number of rotatable bonds is 4. The van der Waals surface area contributed by atoms with Crippen LogP contribution in [0.25, 0.3) is 5.69 Å². The first-order chi connectivity index (χ1) is 11.6. The average Bonchev–Trinajstić information content (AvgIpc) is 2.94. The molecule has 3 aromatic rings. The molecular weight excluding hydrogens is 314 g/mol. The van der Waals surface area contributed by atoms with E-state index in [0.717, 1.165) is 16.3 Å². The van der Waals surface area contributed by atoms with Crippen LogP contribution in [0.1, 0.15) is 11.1 Å². The van der Waals surface area contributed by atoms with Crippen LogP contribution in [0, 0.1) is 23.0 Å². The van der Waals surface area contributed by atoms with Crippen molar-refractivity contribution in [2.45, 2.75) is 6.61 Å². The summed E-state index contributed by atoms with van der Waals surface area (Å²) in [4.78, 5) is 0. The third kappa shape index (κ3) is 2.90. The maximum Gasteiger partial charge on any atom is 0.155 e. The zero-order chi connectivity index (χ0) is 17.1. The van der Waals surface area contributed by atoms with Crippen molar-refractivity contribution in [1.29, 1.82) is 5.26 Å². The summed E-state index contributed by atoms with van der Waals surface area (Å²) >= 11 is 0. The van der Waals surface area contributed by atoms with E-state index in [1.54, 1.807) is 0 Å². The third-order valence-corrected chi connectivity index (χ3v) is 3.37. The molecule has 0 atom stereocenters. The molecule has 1 heterocycles. The van der Waals surface area contributed by atoms with Gasteiger partial charge in [0.25, 0.3) is 0 Å². The van der Waals surface area contributed by atoms with E-state index in [1.807, 2.05) is 36.4 Å². The number of hydrogen-bond donors (Lipinski definition) is 1. The summed E-state index contributed by atoms with van der Waals surface area (Å²) in [5, 5.41) is 12.8. The Bertz CT molecular complexity index is 916. The number of nitrogen functional groups attached to an aromatic ring is 1.